The first-order chi connectivity index (χ1) is 9.30. The molecule has 0 fully saturated rings. The molecule has 1 unspecified atom stereocenters. The van der Waals surface area contributed by atoms with E-state index in [4.69, 9.17) is 5.73 Å². The summed E-state index contributed by atoms with van der Waals surface area (Å²) in [5.41, 5.74) is 3.84. The molecule has 3 nitrogen and oxygen atoms in total. The topological polar surface area (TPSA) is 59.1 Å². The predicted octanol–water partition coefficient (Wildman–Crippen LogP) is 2.90. The number of hydrogen-bond donors (Lipinski definition) is 2. The molecule has 0 bridgehead atoms. The van der Waals surface area contributed by atoms with E-state index < -0.39 is 29.2 Å². The monoisotopic (exact) mass is 286 g/mol. The summed E-state index contributed by atoms with van der Waals surface area (Å²) in [6.07, 6.45) is -5.07. The number of anilines is 1. The van der Waals surface area contributed by atoms with E-state index in [1.807, 2.05) is 0 Å². The molecule has 0 saturated heterocycles. The van der Waals surface area contributed by atoms with Gasteiger partial charge in [-0.2, -0.15) is 13.2 Å². The van der Waals surface area contributed by atoms with E-state index in [1.165, 1.54) is 18.3 Å². The highest BCUT2D eigenvalue weighted by Crippen LogP contribution is 2.37. The van der Waals surface area contributed by atoms with E-state index in [0.717, 1.165) is 12.1 Å². The van der Waals surface area contributed by atoms with Gasteiger partial charge in [-0.1, -0.05) is 12.1 Å². The fourth-order valence-corrected chi connectivity index (χ4v) is 1.84. The molecule has 0 aliphatic carbocycles. The van der Waals surface area contributed by atoms with Crippen LogP contribution in [0.1, 0.15) is 22.8 Å². The van der Waals surface area contributed by atoms with Gasteiger partial charge >= 0.3 is 6.18 Å². The minimum atomic E-state index is -4.78. The summed E-state index contributed by atoms with van der Waals surface area (Å²) in [6.45, 7) is 0. The van der Waals surface area contributed by atoms with Gasteiger partial charge in [0.25, 0.3) is 0 Å². The lowest BCUT2D eigenvalue weighted by Gasteiger charge is -2.18. The predicted molar refractivity (Wildman–Crippen MR) is 64.1 cm³/mol. The molecule has 0 spiro atoms. The summed E-state index contributed by atoms with van der Waals surface area (Å²) in [5, 5.41) is 10.1. The van der Waals surface area contributed by atoms with E-state index in [1.54, 1.807) is 0 Å². The van der Waals surface area contributed by atoms with E-state index in [9.17, 15) is 22.7 Å². The van der Waals surface area contributed by atoms with Crippen molar-refractivity contribution in [2.75, 3.05) is 5.73 Å². The standard InChI is InChI=1S/C13H10F4N2O/c14-7-3-4-8(10(6-7)13(15,16)17)11(20)9-2-1-5-19-12(9)18/h1-6,11,20H,(H2,18,19). The Hall–Kier alpha value is -2.15. The summed E-state index contributed by atoms with van der Waals surface area (Å²) in [7, 11) is 0. The number of aromatic nitrogens is 1. The lowest BCUT2D eigenvalue weighted by atomic mass is 9.96. The van der Waals surface area contributed by atoms with Crippen molar-refractivity contribution in [3.63, 3.8) is 0 Å². The van der Waals surface area contributed by atoms with Gasteiger partial charge in [-0.15, -0.1) is 0 Å². The molecular formula is C13H10F4N2O. The fourth-order valence-electron chi connectivity index (χ4n) is 1.84. The summed E-state index contributed by atoms with van der Waals surface area (Å²) in [6, 6.07) is 4.86. The first kappa shape index (κ1) is 14.3. The number of alkyl halides is 3. The smallest absolute Gasteiger partial charge is 0.384 e. The molecule has 0 amide bonds. The lowest BCUT2D eigenvalue weighted by molar-refractivity contribution is -0.139. The van der Waals surface area contributed by atoms with Crippen molar-refractivity contribution in [1.29, 1.82) is 0 Å². The van der Waals surface area contributed by atoms with E-state index >= 15 is 0 Å². The first-order valence-electron chi connectivity index (χ1n) is 5.56. The highest BCUT2D eigenvalue weighted by molar-refractivity contribution is 5.46. The van der Waals surface area contributed by atoms with Crippen molar-refractivity contribution in [2.45, 2.75) is 12.3 Å². The van der Waals surface area contributed by atoms with Crippen LogP contribution in [0.3, 0.4) is 0 Å². The molecule has 20 heavy (non-hydrogen) atoms. The maximum atomic E-state index is 13.0. The molecule has 0 aliphatic heterocycles. The average Bonchev–Trinajstić information content (AvgIpc) is 2.37. The second-order valence-electron chi connectivity index (χ2n) is 4.11. The third kappa shape index (κ3) is 2.72. The first-order valence-corrected chi connectivity index (χ1v) is 5.56. The zero-order valence-electron chi connectivity index (χ0n) is 10.0. The second kappa shape index (κ2) is 5.09. The number of hydrogen-bond acceptors (Lipinski definition) is 3. The molecule has 0 saturated carbocycles. The van der Waals surface area contributed by atoms with Crippen LogP contribution in [-0.2, 0) is 6.18 Å². The number of aliphatic hydroxyl groups is 1. The van der Waals surface area contributed by atoms with Gasteiger partial charge in [-0.3, -0.25) is 0 Å². The molecule has 1 atom stereocenters. The van der Waals surface area contributed by atoms with Crippen molar-refractivity contribution in [1.82, 2.24) is 4.98 Å². The Balaban J connectivity index is 2.56. The third-order valence-corrected chi connectivity index (χ3v) is 2.78. The van der Waals surface area contributed by atoms with Gasteiger partial charge in [0.1, 0.15) is 17.7 Å². The number of halogens is 4. The Morgan fingerprint density at radius 2 is 1.85 bits per heavy atom. The molecule has 0 aliphatic rings. The molecule has 106 valence electrons. The molecule has 1 aromatic heterocycles. The quantitative estimate of drug-likeness (QED) is 0.834. The van der Waals surface area contributed by atoms with Gasteiger partial charge in [0.15, 0.2) is 0 Å². The number of rotatable bonds is 2. The molecule has 2 aromatic rings. The van der Waals surface area contributed by atoms with Crippen LogP contribution in [0.4, 0.5) is 23.4 Å². The summed E-state index contributed by atoms with van der Waals surface area (Å²) >= 11 is 0. The molecule has 7 heteroatoms. The Labute approximate surface area is 111 Å². The summed E-state index contributed by atoms with van der Waals surface area (Å²) < 4.78 is 51.6. The Morgan fingerprint density at radius 3 is 2.45 bits per heavy atom. The van der Waals surface area contributed by atoms with E-state index in [2.05, 4.69) is 4.98 Å². The van der Waals surface area contributed by atoms with Crippen molar-refractivity contribution in [3.8, 4) is 0 Å². The van der Waals surface area contributed by atoms with Crippen LogP contribution >= 0.6 is 0 Å². The number of aliphatic hydroxyl groups excluding tert-OH is 1. The van der Waals surface area contributed by atoms with Gasteiger partial charge < -0.3 is 10.8 Å². The molecule has 2 rings (SSSR count). The van der Waals surface area contributed by atoms with Crippen molar-refractivity contribution in [3.05, 3.63) is 59.0 Å². The van der Waals surface area contributed by atoms with Crippen LogP contribution in [0.25, 0.3) is 0 Å². The molecule has 0 radical (unpaired) electrons. The van der Waals surface area contributed by atoms with Crippen LogP contribution in [0.2, 0.25) is 0 Å². The zero-order chi connectivity index (χ0) is 14.9. The fraction of sp³-hybridized carbons (Fsp3) is 0.154. The van der Waals surface area contributed by atoms with Crippen LogP contribution in [0, 0.1) is 5.82 Å². The van der Waals surface area contributed by atoms with E-state index in [-0.39, 0.29) is 11.4 Å². The Morgan fingerprint density at radius 1 is 1.15 bits per heavy atom. The number of benzene rings is 1. The number of nitrogen functional groups attached to an aromatic ring is 1. The third-order valence-electron chi connectivity index (χ3n) is 2.78. The number of pyridine rings is 1. The average molecular weight is 286 g/mol. The lowest BCUT2D eigenvalue weighted by Crippen LogP contribution is -2.14. The maximum absolute atomic E-state index is 13.0. The van der Waals surface area contributed by atoms with Gasteiger partial charge in [0.05, 0.1) is 5.56 Å². The number of nitrogens with zero attached hydrogens (tertiary/aromatic N) is 1. The zero-order valence-corrected chi connectivity index (χ0v) is 10.0. The highest BCUT2D eigenvalue weighted by Gasteiger charge is 2.36. The molecule has 3 N–H and O–H groups in total. The molecule has 1 heterocycles. The van der Waals surface area contributed by atoms with Gasteiger partial charge in [-0.25, -0.2) is 9.37 Å². The van der Waals surface area contributed by atoms with Gasteiger partial charge in [-0.05, 0) is 23.8 Å². The van der Waals surface area contributed by atoms with Gasteiger partial charge in [0.2, 0.25) is 0 Å². The summed E-state index contributed by atoms with van der Waals surface area (Å²) in [4.78, 5) is 3.70. The Bertz CT molecular complexity index is 628. The minimum absolute atomic E-state index is 0.0320. The maximum Gasteiger partial charge on any atom is 0.416 e. The van der Waals surface area contributed by atoms with Crippen molar-refractivity contribution >= 4 is 5.82 Å². The van der Waals surface area contributed by atoms with E-state index in [0.29, 0.717) is 6.07 Å². The Kier molecular flexibility index (Phi) is 3.63. The van der Waals surface area contributed by atoms with Crippen LogP contribution in [0.5, 0.6) is 0 Å². The summed E-state index contributed by atoms with van der Waals surface area (Å²) in [5.74, 6) is -1.12. The highest BCUT2D eigenvalue weighted by atomic mass is 19.4. The molecule has 1 aromatic carbocycles. The van der Waals surface area contributed by atoms with Crippen molar-refractivity contribution in [2.24, 2.45) is 0 Å². The van der Waals surface area contributed by atoms with Gasteiger partial charge in [0, 0.05) is 11.8 Å². The van der Waals surface area contributed by atoms with Crippen LogP contribution in [0.15, 0.2) is 36.5 Å². The SMILES string of the molecule is Nc1ncccc1C(O)c1ccc(F)cc1C(F)(F)F. The minimum Gasteiger partial charge on any atom is -0.384 e. The molecular weight excluding hydrogens is 276 g/mol. The van der Waals surface area contributed by atoms with Crippen LogP contribution < -0.4 is 5.73 Å². The normalized spacial score (nSPS) is 13.2. The largest absolute Gasteiger partial charge is 0.416 e. The van der Waals surface area contributed by atoms with Crippen molar-refractivity contribution < 1.29 is 22.7 Å². The van der Waals surface area contributed by atoms with Crippen LogP contribution in [-0.4, -0.2) is 10.1 Å². The second-order valence-corrected chi connectivity index (χ2v) is 4.11. The number of nitrogens with two attached hydrogens (primary N) is 1.